The standard InChI is InChI=1S/C20H24O7/c1-12(2)26-14-7-5-13(6-8-14)16(10-18(22)25-4)20-19(23)17(21)9-15(27-20)11-24-3/h5-9,12,16,23H,10-11H2,1-4H3. The Kier molecular flexibility index (Phi) is 7.01. The van der Waals surface area contributed by atoms with Crippen LogP contribution in [-0.4, -0.2) is 31.4 Å². The van der Waals surface area contributed by atoms with E-state index in [-0.39, 0.29) is 30.7 Å². The summed E-state index contributed by atoms with van der Waals surface area (Å²) >= 11 is 0. The first-order chi connectivity index (χ1) is 12.8. The quantitative estimate of drug-likeness (QED) is 0.708. The van der Waals surface area contributed by atoms with Crippen molar-refractivity contribution in [3.63, 3.8) is 0 Å². The number of ether oxygens (including phenoxy) is 3. The van der Waals surface area contributed by atoms with E-state index in [1.807, 2.05) is 13.8 Å². The zero-order chi connectivity index (χ0) is 20.0. The lowest BCUT2D eigenvalue weighted by Crippen LogP contribution is -2.14. The number of hydrogen-bond donors (Lipinski definition) is 1. The van der Waals surface area contributed by atoms with Crippen molar-refractivity contribution in [3.8, 4) is 11.5 Å². The van der Waals surface area contributed by atoms with Crippen LogP contribution in [0.15, 0.2) is 39.5 Å². The molecule has 0 amide bonds. The normalized spacial score (nSPS) is 12.0. The number of methoxy groups -OCH3 is 2. The van der Waals surface area contributed by atoms with Gasteiger partial charge in [0.25, 0.3) is 0 Å². The molecule has 1 atom stereocenters. The molecule has 0 bridgehead atoms. The third-order valence-electron chi connectivity index (χ3n) is 3.86. The van der Waals surface area contributed by atoms with Crippen LogP contribution in [0.5, 0.6) is 11.5 Å². The van der Waals surface area contributed by atoms with E-state index in [0.29, 0.717) is 11.3 Å². The van der Waals surface area contributed by atoms with Crippen molar-refractivity contribution >= 4 is 5.97 Å². The Balaban J connectivity index is 2.49. The molecule has 0 aliphatic carbocycles. The van der Waals surface area contributed by atoms with Gasteiger partial charge in [0.1, 0.15) is 18.1 Å². The summed E-state index contributed by atoms with van der Waals surface area (Å²) in [4.78, 5) is 24.0. The fourth-order valence-electron chi connectivity index (χ4n) is 2.67. The van der Waals surface area contributed by atoms with E-state index in [0.717, 1.165) is 6.07 Å². The Morgan fingerprint density at radius 3 is 2.41 bits per heavy atom. The van der Waals surface area contributed by atoms with Gasteiger partial charge in [-0.1, -0.05) is 12.1 Å². The van der Waals surface area contributed by atoms with E-state index in [4.69, 9.17) is 18.6 Å². The monoisotopic (exact) mass is 376 g/mol. The van der Waals surface area contributed by atoms with Crippen molar-refractivity contribution in [2.45, 2.75) is 38.9 Å². The van der Waals surface area contributed by atoms with Gasteiger partial charge in [0.05, 0.1) is 25.6 Å². The van der Waals surface area contributed by atoms with Gasteiger partial charge in [-0.05, 0) is 31.5 Å². The molecule has 2 rings (SSSR count). The molecule has 2 aromatic rings. The molecule has 0 spiro atoms. The van der Waals surface area contributed by atoms with Gasteiger partial charge < -0.3 is 23.7 Å². The number of benzene rings is 1. The second-order valence-corrected chi connectivity index (χ2v) is 6.29. The third kappa shape index (κ3) is 5.34. The summed E-state index contributed by atoms with van der Waals surface area (Å²) in [5.41, 5.74) is 0.0717. The summed E-state index contributed by atoms with van der Waals surface area (Å²) in [7, 11) is 2.74. The van der Waals surface area contributed by atoms with Crippen molar-refractivity contribution in [1.29, 1.82) is 0 Å². The summed E-state index contributed by atoms with van der Waals surface area (Å²) in [5.74, 6) is -0.810. The van der Waals surface area contributed by atoms with Crippen LogP contribution < -0.4 is 10.2 Å². The fraction of sp³-hybridized carbons (Fsp3) is 0.400. The molecule has 1 aromatic carbocycles. The molecule has 0 radical (unpaired) electrons. The number of carbonyl (C=O) groups excluding carboxylic acids is 1. The Morgan fingerprint density at radius 2 is 1.85 bits per heavy atom. The van der Waals surface area contributed by atoms with E-state index in [2.05, 4.69) is 0 Å². The number of rotatable bonds is 8. The Bertz CT molecular complexity index is 821. The number of esters is 1. The van der Waals surface area contributed by atoms with E-state index in [1.54, 1.807) is 24.3 Å². The zero-order valence-corrected chi connectivity index (χ0v) is 15.9. The van der Waals surface area contributed by atoms with E-state index in [9.17, 15) is 14.7 Å². The SMILES string of the molecule is COCc1cc(=O)c(O)c(C(CC(=O)OC)c2ccc(OC(C)C)cc2)o1. The second-order valence-electron chi connectivity index (χ2n) is 6.29. The fourth-order valence-corrected chi connectivity index (χ4v) is 2.67. The molecule has 0 fully saturated rings. The van der Waals surface area contributed by atoms with Crippen LogP contribution in [0.4, 0.5) is 0 Å². The molecule has 27 heavy (non-hydrogen) atoms. The van der Waals surface area contributed by atoms with Crippen molar-refractivity contribution in [2.75, 3.05) is 14.2 Å². The lowest BCUT2D eigenvalue weighted by atomic mass is 9.92. The molecule has 1 N–H and O–H groups in total. The summed E-state index contributed by atoms with van der Waals surface area (Å²) in [5, 5.41) is 10.3. The molecule has 1 unspecified atom stereocenters. The van der Waals surface area contributed by atoms with Gasteiger partial charge in [0, 0.05) is 13.2 Å². The van der Waals surface area contributed by atoms with Gasteiger partial charge in [-0.25, -0.2) is 0 Å². The van der Waals surface area contributed by atoms with Crippen LogP contribution >= 0.6 is 0 Å². The number of carbonyl (C=O) groups is 1. The summed E-state index contributed by atoms with van der Waals surface area (Å²) < 4.78 is 21.0. The van der Waals surface area contributed by atoms with Crippen LogP contribution in [0.3, 0.4) is 0 Å². The van der Waals surface area contributed by atoms with E-state index < -0.39 is 23.1 Å². The van der Waals surface area contributed by atoms with Gasteiger partial charge in [-0.2, -0.15) is 0 Å². The van der Waals surface area contributed by atoms with Crippen molar-refractivity contribution in [3.05, 3.63) is 57.6 Å². The number of hydrogen-bond acceptors (Lipinski definition) is 7. The predicted molar refractivity (Wildman–Crippen MR) is 98.0 cm³/mol. The van der Waals surface area contributed by atoms with Gasteiger partial charge in [-0.3, -0.25) is 9.59 Å². The van der Waals surface area contributed by atoms with Crippen molar-refractivity contribution in [2.24, 2.45) is 0 Å². The molecule has 1 heterocycles. The zero-order valence-electron chi connectivity index (χ0n) is 15.9. The topological polar surface area (TPSA) is 95.2 Å². The van der Waals surface area contributed by atoms with Crippen LogP contribution in [0.1, 0.15) is 43.3 Å². The molecule has 0 saturated carbocycles. The molecule has 0 saturated heterocycles. The Hall–Kier alpha value is -2.80. The van der Waals surface area contributed by atoms with Gasteiger partial charge in [0.2, 0.25) is 11.2 Å². The molecule has 7 heteroatoms. The van der Waals surface area contributed by atoms with E-state index >= 15 is 0 Å². The minimum atomic E-state index is -0.699. The molecule has 0 aliphatic heterocycles. The summed E-state index contributed by atoms with van der Waals surface area (Å²) in [6.07, 6.45) is -0.0807. The molecule has 1 aromatic heterocycles. The highest BCUT2D eigenvalue weighted by Gasteiger charge is 2.26. The number of aromatic hydroxyl groups is 1. The van der Waals surface area contributed by atoms with Crippen LogP contribution in [0.2, 0.25) is 0 Å². The van der Waals surface area contributed by atoms with Crippen LogP contribution in [-0.2, 0) is 20.9 Å². The second kappa shape index (κ2) is 9.23. The maximum atomic E-state index is 12.1. The molecule has 7 nitrogen and oxygen atoms in total. The average Bonchev–Trinajstić information content (AvgIpc) is 2.63. The van der Waals surface area contributed by atoms with Crippen molar-refractivity contribution < 1.29 is 28.5 Å². The Morgan fingerprint density at radius 1 is 1.19 bits per heavy atom. The van der Waals surface area contributed by atoms with Gasteiger partial charge >= 0.3 is 5.97 Å². The highest BCUT2D eigenvalue weighted by atomic mass is 16.5. The maximum absolute atomic E-state index is 12.1. The third-order valence-corrected chi connectivity index (χ3v) is 3.86. The van der Waals surface area contributed by atoms with Crippen LogP contribution in [0.25, 0.3) is 0 Å². The molecular formula is C20H24O7. The smallest absolute Gasteiger partial charge is 0.306 e. The van der Waals surface area contributed by atoms with E-state index in [1.165, 1.54) is 14.2 Å². The van der Waals surface area contributed by atoms with Gasteiger partial charge in [0.15, 0.2) is 5.76 Å². The Labute approximate surface area is 157 Å². The predicted octanol–water partition coefficient (Wildman–Crippen LogP) is 2.97. The highest BCUT2D eigenvalue weighted by Crippen LogP contribution is 2.34. The molecule has 0 aliphatic rings. The minimum Gasteiger partial charge on any atom is -0.502 e. The first-order valence-electron chi connectivity index (χ1n) is 8.54. The van der Waals surface area contributed by atoms with Crippen LogP contribution in [0, 0.1) is 0 Å². The average molecular weight is 376 g/mol. The molecule has 146 valence electrons. The van der Waals surface area contributed by atoms with Gasteiger partial charge in [-0.15, -0.1) is 0 Å². The first-order valence-corrected chi connectivity index (χ1v) is 8.54. The lowest BCUT2D eigenvalue weighted by Gasteiger charge is -2.18. The largest absolute Gasteiger partial charge is 0.502 e. The first kappa shape index (κ1) is 20.5. The maximum Gasteiger partial charge on any atom is 0.306 e. The molecular weight excluding hydrogens is 352 g/mol. The van der Waals surface area contributed by atoms with Crippen molar-refractivity contribution in [1.82, 2.24) is 0 Å². The minimum absolute atomic E-state index is 0.00234. The summed E-state index contributed by atoms with van der Waals surface area (Å²) in [6, 6.07) is 8.19. The summed E-state index contributed by atoms with van der Waals surface area (Å²) in [6.45, 7) is 3.90. The highest BCUT2D eigenvalue weighted by molar-refractivity contribution is 5.71. The lowest BCUT2D eigenvalue weighted by molar-refractivity contribution is -0.140.